The Kier molecular flexibility index (Phi) is 4.72. The molecule has 2 unspecified atom stereocenters. The molecule has 1 fully saturated rings. The van der Waals surface area contributed by atoms with Crippen LogP contribution in [0, 0.1) is 0 Å². The van der Waals surface area contributed by atoms with Gasteiger partial charge in [-0.3, -0.25) is 9.69 Å². The summed E-state index contributed by atoms with van der Waals surface area (Å²) in [5.74, 6) is -0.281. The fourth-order valence-corrected chi connectivity index (χ4v) is 5.81. The van der Waals surface area contributed by atoms with Crippen LogP contribution in [-0.2, 0) is 9.53 Å². The first-order valence-electron chi connectivity index (χ1n) is 9.30. The third-order valence-corrected chi connectivity index (χ3v) is 7.17. The Bertz CT molecular complexity index is 915. The molecule has 1 aromatic carbocycles. The van der Waals surface area contributed by atoms with Gasteiger partial charge in [0.15, 0.2) is 6.73 Å². The molecule has 2 atom stereocenters. The molecule has 0 amide bonds. The van der Waals surface area contributed by atoms with Crippen molar-refractivity contribution in [2.45, 2.75) is 24.9 Å². The first-order valence-corrected chi connectivity index (χ1v) is 10.6. The molecule has 146 valence electrons. The topological polar surface area (TPSA) is 48.1 Å². The Morgan fingerprint density at radius 3 is 3.07 bits per heavy atom. The molecule has 1 N–H and O–H groups in total. The number of hydrogen-bond acceptors (Lipinski definition) is 7. The highest BCUT2D eigenvalue weighted by Gasteiger charge is 2.45. The number of rotatable bonds is 3. The monoisotopic (exact) mass is 416 g/mol. The Hall–Kier alpha value is -1.77. The van der Waals surface area contributed by atoms with E-state index in [1.165, 1.54) is 23.0 Å². The van der Waals surface area contributed by atoms with Gasteiger partial charge in [0.05, 0.1) is 35.5 Å². The molecule has 3 aliphatic heterocycles. The number of anilines is 1. The number of esters is 1. The van der Waals surface area contributed by atoms with E-state index in [-0.39, 0.29) is 24.2 Å². The maximum Gasteiger partial charge on any atom is 0.303 e. The van der Waals surface area contributed by atoms with Crippen molar-refractivity contribution in [3.63, 3.8) is 0 Å². The van der Waals surface area contributed by atoms with Crippen molar-refractivity contribution in [1.82, 2.24) is 15.3 Å². The van der Waals surface area contributed by atoms with Gasteiger partial charge < -0.3 is 9.64 Å². The maximum absolute atomic E-state index is 11.3. The van der Waals surface area contributed by atoms with E-state index >= 15 is 0 Å². The van der Waals surface area contributed by atoms with Gasteiger partial charge in [0.2, 0.25) is 0 Å². The molecular formula is C20H21ClN4O2S. The van der Waals surface area contributed by atoms with Gasteiger partial charge in [0.25, 0.3) is 0 Å². The van der Waals surface area contributed by atoms with Crippen LogP contribution in [0.4, 0.5) is 5.69 Å². The number of thioether (sulfide) groups is 1. The lowest BCUT2D eigenvalue weighted by Gasteiger charge is -2.32. The Balaban J connectivity index is 1.52. The SMILES string of the molecule is CC(=O)OCN1NCN2C3SC4=C(CC=C4)C3=CN(c3ccccc3Cl)CC12. The number of hydrazine groups is 1. The second kappa shape index (κ2) is 7.24. The van der Waals surface area contributed by atoms with Gasteiger partial charge >= 0.3 is 5.97 Å². The average molecular weight is 417 g/mol. The van der Waals surface area contributed by atoms with Crippen LogP contribution in [-0.4, -0.2) is 47.4 Å². The summed E-state index contributed by atoms with van der Waals surface area (Å²) in [6.45, 7) is 3.08. The quantitative estimate of drug-likeness (QED) is 0.759. The first-order chi connectivity index (χ1) is 13.6. The number of benzene rings is 1. The molecule has 0 aromatic heterocycles. The zero-order chi connectivity index (χ0) is 19.3. The molecule has 0 saturated carbocycles. The summed E-state index contributed by atoms with van der Waals surface area (Å²) in [5.41, 5.74) is 7.12. The summed E-state index contributed by atoms with van der Waals surface area (Å²) < 4.78 is 5.27. The molecule has 0 spiro atoms. The van der Waals surface area contributed by atoms with Crippen LogP contribution in [0.2, 0.25) is 5.02 Å². The minimum Gasteiger partial charge on any atom is -0.448 e. The number of para-hydroxylation sites is 1. The fraction of sp³-hybridized carbons (Fsp3) is 0.350. The average Bonchev–Trinajstić information content (AvgIpc) is 3.33. The van der Waals surface area contributed by atoms with Crippen LogP contribution < -0.4 is 10.3 Å². The Morgan fingerprint density at radius 2 is 2.25 bits per heavy atom. The number of ether oxygens (including phenoxy) is 1. The van der Waals surface area contributed by atoms with Gasteiger partial charge in [-0.15, -0.1) is 11.8 Å². The molecule has 1 aliphatic carbocycles. The maximum atomic E-state index is 11.3. The van der Waals surface area contributed by atoms with Crippen molar-refractivity contribution in [3.8, 4) is 0 Å². The van der Waals surface area contributed by atoms with Crippen molar-refractivity contribution in [2.75, 3.05) is 24.8 Å². The lowest BCUT2D eigenvalue weighted by Crippen LogP contribution is -2.49. The predicted octanol–water partition coefficient (Wildman–Crippen LogP) is 3.26. The molecule has 1 saturated heterocycles. The van der Waals surface area contributed by atoms with Gasteiger partial charge in [-0.05, 0) is 24.1 Å². The minimum atomic E-state index is -0.281. The molecule has 0 radical (unpaired) electrons. The van der Waals surface area contributed by atoms with Crippen LogP contribution in [0.3, 0.4) is 0 Å². The van der Waals surface area contributed by atoms with Gasteiger partial charge in [-0.1, -0.05) is 35.9 Å². The molecular weight excluding hydrogens is 396 g/mol. The number of nitrogens with zero attached hydrogens (tertiary/aromatic N) is 3. The summed E-state index contributed by atoms with van der Waals surface area (Å²) >= 11 is 8.43. The molecule has 5 rings (SSSR count). The number of allylic oxidation sites excluding steroid dienone is 2. The number of nitrogens with one attached hydrogen (secondary N) is 1. The molecule has 1 aromatic rings. The van der Waals surface area contributed by atoms with Crippen molar-refractivity contribution in [1.29, 1.82) is 0 Å². The second-order valence-corrected chi connectivity index (χ2v) is 8.68. The van der Waals surface area contributed by atoms with Gasteiger partial charge in [-0.25, -0.2) is 5.43 Å². The van der Waals surface area contributed by atoms with E-state index in [9.17, 15) is 4.79 Å². The lowest BCUT2D eigenvalue weighted by atomic mass is 10.1. The van der Waals surface area contributed by atoms with E-state index in [0.29, 0.717) is 13.2 Å². The highest BCUT2D eigenvalue weighted by molar-refractivity contribution is 8.04. The zero-order valence-corrected chi connectivity index (χ0v) is 17.0. The molecule has 8 heteroatoms. The Morgan fingerprint density at radius 1 is 1.39 bits per heavy atom. The summed E-state index contributed by atoms with van der Waals surface area (Å²) in [7, 11) is 0. The molecule has 0 bridgehead atoms. The van der Waals surface area contributed by atoms with E-state index < -0.39 is 0 Å². The van der Waals surface area contributed by atoms with E-state index in [1.807, 2.05) is 41.0 Å². The van der Waals surface area contributed by atoms with E-state index in [1.54, 1.807) is 0 Å². The largest absolute Gasteiger partial charge is 0.448 e. The van der Waals surface area contributed by atoms with Crippen molar-refractivity contribution >= 4 is 35.0 Å². The molecule has 3 heterocycles. The van der Waals surface area contributed by atoms with Gasteiger partial charge in [0.1, 0.15) is 0 Å². The van der Waals surface area contributed by atoms with Gasteiger partial charge in [-0.2, -0.15) is 5.01 Å². The van der Waals surface area contributed by atoms with E-state index in [4.69, 9.17) is 16.3 Å². The van der Waals surface area contributed by atoms with E-state index in [2.05, 4.69) is 33.6 Å². The van der Waals surface area contributed by atoms with Crippen LogP contribution in [0.25, 0.3) is 0 Å². The molecule has 28 heavy (non-hydrogen) atoms. The normalized spacial score (nSPS) is 26.8. The zero-order valence-electron chi connectivity index (χ0n) is 15.5. The van der Waals surface area contributed by atoms with Crippen molar-refractivity contribution in [2.24, 2.45) is 0 Å². The smallest absolute Gasteiger partial charge is 0.303 e. The third-order valence-electron chi connectivity index (χ3n) is 5.47. The number of carbonyl (C=O) groups is 1. The number of halogens is 1. The van der Waals surface area contributed by atoms with Crippen molar-refractivity contribution < 1.29 is 9.53 Å². The number of fused-ring (bicyclic) bond motifs is 4. The highest BCUT2D eigenvalue weighted by Crippen LogP contribution is 2.50. The lowest BCUT2D eigenvalue weighted by molar-refractivity contribution is -0.148. The fourth-order valence-electron chi connectivity index (χ4n) is 4.12. The van der Waals surface area contributed by atoms with Crippen molar-refractivity contribution in [3.05, 3.63) is 63.7 Å². The first kappa shape index (κ1) is 18.3. The second-order valence-electron chi connectivity index (χ2n) is 7.15. The standard InChI is InChI=1S/C20H21ClN4O2S/c1-13(26)27-12-25-19-10-23(17-7-3-2-6-16(17)21)9-15-14-5-4-8-18(14)28-20(15)24(19)11-22-25/h2-4,6-9,19-20,22H,5,10-12H2,1H3. The highest BCUT2D eigenvalue weighted by atomic mass is 35.5. The van der Waals surface area contributed by atoms with Crippen LogP contribution in [0.5, 0.6) is 0 Å². The molecule has 6 nitrogen and oxygen atoms in total. The van der Waals surface area contributed by atoms with Crippen LogP contribution >= 0.6 is 23.4 Å². The van der Waals surface area contributed by atoms with Crippen LogP contribution in [0.1, 0.15) is 13.3 Å². The Labute approximate surface area is 173 Å². The van der Waals surface area contributed by atoms with Gasteiger partial charge in [0, 0.05) is 23.6 Å². The summed E-state index contributed by atoms with van der Waals surface area (Å²) in [6.07, 6.45) is 7.74. The summed E-state index contributed by atoms with van der Waals surface area (Å²) in [6, 6.07) is 7.93. The summed E-state index contributed by atoms with van der Waals surface area (Å²) in [4.78, 5) is 17.4. The third kappa shape index (κ3) is 3.07. The number of hydrogen-bond donors (Lipinski definition) is 1. The summed E-state index contributed by atoms with van der Waals surface area (Å²) in [5, 5.41) is 2.97. The van der Waals surface area contributed by atoms with E-state index in [0.717, 1.165) is 17.1 Å². The molecule has 4 aliphatic rings. The van der Waals surface area contributed by atoms with Crippen LogP contribution in [0.15, 0.2) is 58.7 Å². The predicted molar refractivity (Wildman–Crippen MR) is 111 cm³/mol. The number of carbonyl (C=O) groups excluding carboxylic acids is 1. The minimum absolute atomic E-state index is 0.0471.